The summed E-state index contributed by atoms with van der Waals surface area (Å²) in [5.41, 5.74) is 2.91. The fourth-order valence-electron chi connectivity index (χ4n) is 3.99. The van der Waals surface area contributed by atoms with Crippen LogP contribution in [0.25, 0.3) is 10.2 Å². The molecule has 1 amide bonds. The lowest BCUT2D eigenvalue weighted by Gasteiger charge is -2.34. The zero-order valence-electron chi connectivity index (χ0n) is 17.6. The first-order valence-electron chi connectivity index (χ1n) is 10.7. The molecule has 6 heteroatoms. The minimum absolute atomic E-state index is 0.0170. The number of ketones is 1. The number of aromatic nitrogens is 1. The van der Waals surface area contributed by atoms with Crippen LogP contribution >= 0.6 is 11.3 Å². The summed E-state index contributed by atoms with van der Waals surface area (Å²) in [4.78, 5) is 34.5. The zero-order chi connectivity index (χ0) is 21.9. The van der Waals surface area contributed by atoms with E-state index in [0.717, 1.165) is 30.2 Å². The highest BCUT2D eigenvalue weighted by atomic mass is 32.1. The van der Waals surface area contributed by atoms with E-state index >= 15 is 0 Å². The van der Waals surface area contributed by atoms with Gasteiger partial charge in [0.1, 0.15) is 5.01 Å². The summed E-state index contributed by atoms with van der Waals surface area (Å²) >= 11 is 1.74. The molecule has 0 aliphatic carbocycles. The number of carbonyl (C=O) groups excluding carboxylic acids is 2. The molecule has 2 heterocycles. The number of thiazole rings is 1. The highest BCUT2D eigenvalue weighted by Gasteiger charge is 2.23. The molecule has 4 aromatic rings. The number of benzene rings is 3. The van der Waals surface area contributed by atoms with Crippen molar-refractivity contribution in [1.29, 1.82) is 0 Å². The predicted octanol–water partition coefficient (Wildman–Crippen LogP) is 4.49. The quantitative estimate of drug-likeness (QED) is 0.429. The number of fused-ring (bicyclic) bond motifs is 1. The molecule has 0 unspecified atom stereocenters. The van der Waals surface area contributed by atoms with Crippen molar-refractivity contribution in [2.75, 3.05) is 26.2 Å². The fourth-order valence-corrected chi connectivity index (χ4v) is 5.00. The Bertz CT molecular complexity index is 1210. The van der Waals surface area contributed by atoms with E-state index in [4.69, 9.17) is 4.98 Å². The number of piperazine rings is 1. The van der Waals surface area contributed by atoms with Gasteiger partial charge in [0.25, 0.3) is 5.91 Å². The molecule has 0 atom stereocenters. The lowest BCUT2D eigenvalue weighted by molar-refractivity contribution is 0.0628. The molecule has 1 aliphatic rings. The number of nitrogens with zero attached hydrogens (tertiary/aromatic N) is 3. The normalized spacial score (nSPS) is 14.6. The van der Waals surface area contributed by atoms with Crippen molar-refractivity contribution in [2.24, 2.45) is 0 Å². The summed E-state index contributed by atoms with van der Waals surface area (Å²) in [7, 11) is 0. The monoisotopic (exact) mass is 441 g/mol. The van der Waals surface area contributed by atoms with Crippen molar-refractivity contribution in [2.45, 2.75) is 6.54 Å². The van der Waals surface area contributed by atoms with E-state index < -0.39 is 0 Å². The first-order valence-corrected chi connectivity index (χ1v) is 11.5. The third kappa shape index (κ3) is 4.33. The second-order valence-corrected chi connectivity index (χ2v) is 9.03. The Morgan fingerprint density at radius 1 is 0.750 bits per heavy atom. The van der Waals surface area contributed by atoms with Gasteiger partial charge in [0.2, 0.25) is 0 Å². The van der Waals surface area contributed by atoms with Gasteiger partial charge < -0.3 is 4.90 Å². The summed E-state index contributed by atoms with van der Waals surface area (Å²) in [6, 6.07) is 24.4. The molecule has 0 bridgehead atoms. The molecule has 160 valence electrons. The summed E-state index contributed by atoms with van der Waals surface area (Å²) in [6.07, 6.45) is 0. The van der Waals surface area contributed by atoms with Crippen LogP contribution in [0.15, 0.2) is 78.9 Å². The number of carbonyl (C=O) groups is 2. The van der Waals surface area contributed by atoms with Crippen LogP contribution in [0.1, 0.15) is 31.3 Å². The molecule has 5 rings (SSSR count). The van der Waals surface area contributed by atoms with Crippen LogP contribution in [0, 0.1) is 0 Å². The molecule has 0 radical (unpaired) electrons. The van der Waals surface area contributed by atoms with Crippen LogP contribution in [0.5, 0.6) is 0 Å². The molecule has 0 N–H and O–H groups in total. The van der Waals surface area contributed by atoms with Gasteiger partial charge >= 0.3 is 0 Å². The van der Waals surface area contributed by atoms with Crippen molar-refractivity contribution < 1.29 is 9.59 Å². The van der Waals surface area contributed by atoms with Crippen molar-refractivity contribution in [3.05, 3.63) is 101 Å². The molecule has 1 saturated heterocycles. The number of amides is 1. The molecule has 1 aromatic heterocycles. The number of hydrogen-bond donors (Lipinski definition) is 0. The average Bonchev–Trinajstić information content (AvgIpc) is 3.26. The topological polar surface area (TPSA) is 53.5 Å². The van der Waals surface area contributed by atoms with Crippen LogP contribution in [0.4, 0.5) is 0 Å². The number of hydrogen-bond acceptors (Lipinski definition) is 5. The summed E-state index contributed by atoms with van der Waals surface area (Å²) in [5.74, 6) is -0.0172. The molecule has 3 aromatic carbocycles. The molecule has 1 fully saturated rings. The number of para-hydroxylation sites is 1. The second-order valence-electron chi connectivity index (χ2n) is 7.92. The zero-order valence-corrected chi connectivity index (χ0v) is 18.4. The van der Waals surface area contributed by atoms with Gasteiger partial charge in [-0.3, -0.25) is 14.5 Å². The highest BCUT2D eigenvalue weighted by Crippen LogP contribution is 2.23. The van der Waals surface area contributed by atoms with Gasteiger partial charge in [0.15, 0.2) is 5.78 Å². The smallest absolute Gasteiger partial charge is 0.253 e. The standard InChI is InChI=1S/C26H23N3O2S/c30-25(19-6-2-1-3-7-19)20-10-12-21(13-11-20)26(31)29-16-14-28(15-17-29)18-24-27-22-8-4-5-9-23(22)32-24/h1-13H,14-18H2. The van der Waals surface area contributed by atoms with Crippen LogP contribution in [-0.4, -0.2) is 52.7 Å². The van der Waals surface area contributed by atoms with Crippen molar-refractivity contribution in [3.63, 3.8) is 0 Å². The van der Waals surface area contributed by atoms with Crippen LogP contribution < -0.4 is 0 Å². The first-order chi connectivity index (χ1) is 15.7. The van der Waals surface area contributed by atoms with Crippen LogP contribution in [-0.2, 0) is 6.54 Å². The molecular formula is C26H23N3O2S. The van der Waals surface area contributed by atoms with Crippen molar-refractivity contribution >= 4 is 33.2 Å². The Morgan fingerprint density at radius 3 is 2.09 bits per heavy atom. The van der Waals surface area contributed by atoms with Gasteiger partial charge in [-0.25, -0.2) is 4.98 Å². The Labute approximate surface area is 190 Å². The summed E-state index contributed by atoms with van der Waals surface area (Å²) in [6.45, 7) is 3.85. The van der Waals surface area contributed by atoms with E-state index in [1.54, 1.807) is 47.7 Å². The molecule has 1 aliphatic heterocycles. The third-order valence-corrected chi connectivity index (χ3v) is 6.81. The van der Waals surface area contributed by atoms with Gasteiger partial charge in [-0.2, -0.15) is 0 Å². The molecule has 5 nitrogen and oxygen atoms in total. The van der Waals surface area contributed by atoms with E-state index in [1.165, 1.54) is 4.70 Å². The third-order valence-electron chi connectivity index (χ3n) is 5.79. The maximum atomic E-state index is 12.9. The van der Waals surface area contributed by atoms with Gasteiger partial charge in [0.05, 0.1) is 16.8 Å². The second kappa shape index (κ2) is 9.02. The summed E-state index contributed by atoms with van der Waals surface area (Å²) < 4.78 is 1.21. The summed E-state index contributed by atoms with van der Waals surface area (Å²) in [5, 5.41) is 1.12. The van der Waals surface area contributed by atoms with Gasteiger partial charge in [-0.15, -0.1) is 11.3 Å². The van der Waals surface area contributed by atoms with Crippen LogP contribution in [0.2, 0.25) is 0 Å². The molecule has 0 saturated carbocycles. The average molecular weight is 442 g/mol. The van der Waals surface area contributed by atoms with Gasteiger partial charge in [0, 0.05) is 42.9 Å². The van der Waals surface area contributed by atoms with Gasteiger partial charge in [-0.05, 0) is 24.3 Å². The van der Waals surface area contributed by atoms with E-state index in [9.17, 15) is 9.59 Å². The van der Waals surface area contributed by atoms with Gasteiger partial charge in [-0.1, -0.05) is 54.6 Å². The SMILES string of the molecule is O=C(c1ccccc1)c1ccc(C(=O)N2CCN(Cc3nc4ccccc4s3)CC2)cc1. The van der Waals surface area contributed by atoms with E-state index in [1.807, 2.05) is 41.3 Å². The van der Waals surface area contributed by atoms with E-state index in [-0.39, 0.29) is 11.7 Å². The largest absolute Gasteiger partial charge is 0.336 e. The number of rotatable bonds is 5. The maximum Gasteiger partial charge on any atom is 0.253 e. The Balaban J connectivity index is 1.18. The minimum atomic E-state index is -0.0342. The highest BCUT2D eigenvalue weighted by molar-refractivity contribution is 7.18. The fraction of sp³-hybridized carbons (Fsp3) is 0.192. The van der Waals surface area contributed by atoms with Crippen molar-refractivity contribution in [3.8, 4) is 0 Å². The minimum Gasteiger partial charge on any atom is -0.336 e. The van der Waals surface area contributed by atoms with Crippen LogP contribution in [0.3, 0.4) is 0 Å². The Morgan fingerprint density at radius 2 is 1.38 bits per heavy atom. The molecule has 0 spiro atoms. The molecule has 32 heavy (non-hydrogen) atoms. The predicted molar refractivity (Wildman–Crippen MR) is 127 cm³/mol. The van der Waals surface area contributed by atoms with E-state index in [2.05, 4.69) is 11.0 Å². The molecular weight excluding hydrogens is 418 g/mol. The van der Waals surface area contributed by atoms with E-state index in [0.29, 0.717) is 29.8 Å². The lowest BCUT2D eigenvalue weighted by Crippen LogP contribution is -2.48. The van der Waals surface area contributed by atoms with Crippen molar-refractivity contribution in [1.82, 2.24) is 14.8 Å². The maximum absolute atomic E-state index is 12.9. The lowest BCUT2D eigenvalue weighted by atomic mass is 10.0. The Kier molecular flexibility index (Phi) is 5.79. The first kappa shape index (κ1) is 20.5. The Hall–Kier alpha value is -3.35.